The van der Waals surface area contributed by atoms with E-state index >= 15 is 0 Å². The van der Waals surface area contributed by atoms with Crippen molar-refractivity contribution in [1.29, 1.82) is 0 Å². The molecule has 1 N–H and O–H groups in total. The molecule has 1 aliphatic rings. The van der Waals surface area contributed by atoms with Crippen molar-refractivity contribution in [3.05, 3.63) is 35.7 Å². The van der Waals surface area contributed by atoms with E-state index in [0.29, 0.717) is 5.92 Å². The summed E-state index contributed by atoms with van der Waals surface area (Å²) in [6, 6.07) is 7.56. The number of hydrogen-bond acceptors (Lipinski definition) is 5. The van der Waals surface area contributed by atoms with Gasteiger partial charge in [-0.1, -0.05) is 29.5 Å². The van der Waals surface area contributed by atoms with Crippen LogP contribution in [0.1, 0.15) is 37.1 Å². The Bertz CT molecular complexity index is 814. The third-order valence-corrected chi connectivity index (χ3v) is 5.42. The first-order valence-electron chi connectivity index (χ1n) is 9.14. The average molecular weight is 388 g/mol. The van der Waals surface area contributed by atoms with Crippen LogP contribution < -0.4 is 5.32 Å². The van der Waals surface area contributed by atoms with Crippen LogP contribution in [-0.4, -0.2) is 50.8 Å². The van der Waals surface area contributed by atoms with Gasteiger partial charge in [-0.15, -0.1) is 10.2 Å². The molecule has 2 amide bonds. The molecule has 0 radical (unpaired) electrons. The van der Waals surface area contributed by atoms with Crippen LogP contribution in [0.4, 0.5) is 5.69 Å². The number of carbonyl (C=O) groups is 2. The molecule has 27 heavy (non-hydrogen) atoms. The summed E-state index contributed by atoms with van der Waals surface area (Å²) in [6.45, 7) is 4.86. The monoisotopic (exact) mass is 387 g/mol. The number of aromatic nitrogens is 3. The van der Waals surface area contributed by atoms with Gasteiger partial charge in [0.05, 0.1) is 12.3 Å². The summed E-state index contributed by atoms with van der Waals surface area (Å²) in [7, 11) is 1.64. The maximum absolute atomic E-state index is 12.4. The Morgan fingerprint density at radius 2 is 1.96 bits per heavy atom. The number of nitrogens with zero attached hydrogens (tertiary/aromatic N) is 4. The molecular formula is C19H25N5O2S. The molecule has 0 bridgehead atoms. The number of carbonyl (C=O) groups excluding carboxylic acids is 2. The Kier molecular flexibility index (Phi) is 6.15. The summed E-state index contributed by atoms with van der Waals surface area (Å²) in [5.41, 5.74) is 1.85. The summed E-state index contributed by atoms with van der Waals surface area (Å²) in [6.07, 6.45) is 2.33. The second-order valence-corrected chi connectivity index (χ2v) is 7.75. The van der Waals surface area contributed by atoms with E-state index in [9.17, 15) is 9.59 Å². The van der Waals surface area contributed by atoms with Gasteiger partial charge in [-0.25, -0.2) is 0 Å². The van der Waals surface area contributed by atoms with E-state index < -0.39 is 0 Å². The van der Waals surface area contributed by atoms with E-state index in [0.717, 1.165) is 28.8 Å². The van der Waals surface area contributed by atoms with Crippen LogP contribution in [0, 0.1) is 6.92 Å². The number of aryl methyl sites for hydroxylation is 1. The molecule has 1 saturated carbocycles. The molecule has 0 saturated heterocycles. The topological polar surface area (TPSA) is 80.1 Å². The second-order valence-electron chi connectivity index (χ2n) is 6.81. The Balaban J connectivity index is 1.49. The molecule has 0 unspecified atom stereocenters. The van der Waals surface area contributed by atoms with Gasteiger partial charge in [0.1, 0.15) is 5.82 Å². The zero-order valence-corrected chi connectivity index (χ0v) is 16.8. The highest BCUT2D eigenvalue weighted by Crippen LogP contribution is 2.39. The SMILES string of the molecule is CCn1c(SCC(=O)N(C)CC(=O)Nc2ccc(C)cc2)nnc1C1CC1. The standard InChI is InChI=1S/C19H25N5O2S/c1-4-24-18(14-7-8-14)21-22-19(24)27-12-17(26)23(3)11-16(25)20-15-9-5-13(2)6-10-15/h5-6,9-10,14H,4,7-8,11-12H2,1-3H3,(H,20,25). The average Bonchev–Trinajstić information content (AvgIpc) is 3.41. The maximum Gasteiger partial charge on any atom is 0.243 e. The summed E-state index contributed by atoms with van der Waals surface area (Å²) in [5.74, 6) is 1.45. The molecule has 0 atom stereocenters. The highest BCUT2D eigenvalue weighted by molar-refractivity contribution is 7.99. The van der Waals surface area contributed by atoms with Gasteiger partial charge in [0.25, 0.3) is 0 Å². The second kappa shape index (κ2) is 8.56. The molecule has 2 aromatic rings. The number of amides is 2. The van der Waals surface area contributed by atoms with Crippen LogP contribution in [-0.2, 0) is 16.1 Å². The largest absolute Gasteiger partial charge is 0.336 e. The lowest BCUT2D eigenvalue weighted by Gasteiger charge is -2.16. The van der Waals surface area contributed by atoms with Crippen LogP contribution in [0.5, 0.6) is 0 Å². The zero-order valence-electron chi connectivity index (χ0n) is 15.9. The summed E-state index contributed by atoms with van der Waals surface area (Å²) in [4.78, 5) is 25.9. The minimum absolute atomic E-state index is 0.0149. The fourth-order valence-electron chi connectivity index (χ4n) is 2.73. The molecule has 1 aliphatic carbocycles. The van der Waals surface area contributed by atoms with Crippen molar-refractivity contribution < 1.29 is 9.59 Å². The minimum atomic E-state index is -0.215. The Morgan fingerprint density at radius 3 is 2.59 bits per heavy atom. The third kappa shape index (κ3) is 5.09. The molecule has 0 spiro atoms. The fraction of sp³-hybridized carbons (Fsp3) is 0.474. The van der Waals surface area contributed by atoms with Crippen molar-refractivity contribution in [1.82, 2.24) is 19.7 Å². The van der Waals surface area contributed by atoms with E-state index in [1.165, 1.54) is 29.5 Å². The maximum atomic E-state index is 12.4. The van der Waals surface area contributed by atoms with Gasteiger partial charge in [-0.05, 0) is 38.8 Å². The van der Waals surface area contributed by atoms with E-state index in [4.69, 9.17) is 0 Å². The number of thioether (sulfide) groups is 1. The van der Waals surface area contributed by atoms with Crippen LogP contribution in [0.15, 0.2) is 29.4 Å². The Hall–Kier alpha value is -2.35. The van der Waals surface area contributed by atoms with Crippen molar-refractivity contribution in [2.45, 2.75) is 44.3 Å². The van der Waals surface area contributed by atoms with Crippen molar-refractivity contribution in [3.63, 3.8) is 0 Å². The van der Waals surface area contributed by atoms with Crippen molar-refractivity contribution in [2.24, 2.45) is 0 Å². The molecule has 1 aromatic carbocycles. The lowest BCUT2D eigenvalue weighted by atomic mass is 10.2. The fourth-order valence-corrected chi connectivity index (χ4v) is 3.68. The first kappa shape index (κ1) is 19.4. The number of nitrogens with one attached hydrogen (secondary N) is 1. The number of anilines is 1. The number of benzene rings is 1. The van der Waals surface area contributed by atoms with E-state index in [1.807, 2.05) is 31.2 Å². The highest BCUT2D eigenvalue weighted by Gasteiger charge is 2.30. The molecule has 144 valence electrons. The van der Waals surface area contributed by atoms with Gasteiger partial charge in [-0.3, -0.25) is 9.59 Å². The first-order valence-corrected chi connectivity index (χ1v) is 10.1. The summed E-state index contributed by atoms with van der Waals surface area (Å²) < 4.78 is 2.08. The van der Waals surface area contributed by atoms with Gasteiger partial charge >= 0.3 is 0 Å². The molecular weight excluding hydrogens is 362 g/mol. The van der Waals surface area contributed by atoms with Crippen molar-refractivity contribution in [2.75, 3.05) is 24.7 Å². The van der Waals surface area contributed by atoms with Gasteiger partial charge < -0.3 is 14.8 Å². The number of likely N-dealkylation sites (N-methyl/N-ethyl adjacent to an activating group) is 1. The highest BCUT2D eigenvalue weighted by atomic mass is 32.2. The molecule has 3 rings (SSSR count). The lowest BCUT2D eigenvalue weighted by molar-refractivity contribution is -0.131. The van der Waals surface area contributed by atoms with E-state index in [1.54, 1.807) is 7.05 Å². The minimum Gasteiger partial charge on any atom is -0.336 e. The van der Waals surface area contributed by atoms with Crippen molar-refractivity contribution in [3.8, 4) is 0 Å². The molecule has 7 nitrogen and oxygen atoms in total. The molecule has 0 aliphatic heterocycles. The van der Waals surface area contributed by atoms with Crippen LogP contribution >= 0.6 is 11.8 Å². The van der Waals surface area contributed by atoms with Gasteiger partial charge in [0, 0.05) is 25.2 Å². The number of rotatable bonds is 8. The van der Waals surface area contributed by atoms with Gasteiger partial charge in [-0.2, -0.15) is 0 Å². The Morgan fingerprint density at radius 1 is 1.26 bits per heavy atom. The van der Waals surface area contributed by atoms with E-state index in [-0.39, 0.29) is 24.1 Å². The van der Waals surface area contributed by atoms with Gasteiger partial charge in [0.15, 0.2) is 5.16 Å². The van der Waals surface area contributed by atoms with Crippen LogP contribution in [0.25, 0.3) is 0 Å². The summed E-state index contributed by atoms with van der Waals surface area (Å²) in [5, 5.41) is 12.1. The molecule has 8 heteroatoms. The third-order valence-electron chi connectivity index (χ3n) is 4.47. The predicted molar refractivity (Wildman–Crippen MR) is 106 cm³/mol. The molecule has 1 fully saturated rings. The molecule has 1 aromatic heterocycles. The lowest BCUT2D eigenvalue weighted by Crippen LogP contribution is -2.36. The quantitative estimate of drug-likeness (QED) is 0.705. The first-order chi connectivity index (χ1) is 13.0. The predicted octanol–water partition coefficient (Wildman–Crippen LogP) is 2.67. The smallest absolute Gasteiger partial charge is 0.243 e. The number of hydrogen-bond donors (Lipinski definition) is 1. The molecule has 1 heterocycles. The normalized spacial score (nSPS) is 13.4. The van der Waals surface area contributed by atoms with Crippen LogP contribution in [0.3, 0.4) is 0 Å². The van der Waals surface area contributed by atoms with Crippen LogP contribution in [0.2, 0.25) is 0 Å². The van der Waals surface area contributed by atoms with Crippen molar-refractivity contribution >= 4 is 29.3 Å². The summed E-state index contributed by atoms with van der Waals surface area (Å²) >= 11 is 1.37. The van der Waals surface area contributed by atoms with Gasteiger partial charge in [0.2, 0.25) is 11.8 Å². The Labute approximate surface area is 163 Å². The van der Waals surface area contributed by atoms with E-state index in [2.05, 4.69) is 27.0 Å². The zero-order chi connectivity index (χ0) is 19.4.